The molecule has 0 aliphatic carbocycles. The molecule has 1 N–H and O–H groups in total. The van der Waals surface area contributed by atoms with Crippen LogP contribution < -0.4 is 4.72 Å². The van der Waals surface area contributed by atoms with Crippen LogP contribution in [0.3, 0.4) is 0 Å². The van der Waals surface area contributed by atoms with Crippen LogP contribution >= 0.6 is 11.6 Å². The zero-order valence-electron chi connectivity index (χ0n) is 9.49. The van der Waals surface area contributed by atoms with Gasteiger partial charge in [0.15, 0.2) is 0 Å². The van der Waals surface area contributed by atoms with Crippen molar-refractivity contribution in [3.05, 3.63) is 0 Å². The van der Waals surface area contributed by atoms with Gasteiger partial charge in [0.1, 0.15) is 0 Å². The Bertz CT molecular complexity index is 232. The second kappa shape index (κ2) is 7.44. The Balaban J connectivity index is 3.68. The average molecular weight is 258 g/mol. The van der Waals surface area contributed by atoms with Gasteiger partial charge in [-0.1, -0.05) is 0 Å². The molecule has 1 atom stereocenters. The van der Waals surface area contributed by atoms with Crippen molar-refractivity contribution in [1.82, 2.24) is 4.72 Å². The number of hydrogen-bond donors (Lipinski definition) is 1. The summed E-state index contributed by atoms with van der Waals surface area (Å²) in [7, 11) is -3.21. The summed E-state index contributed by atoms with van der Waals surface area (Å²) in [5, 5.41) is -0.0142. The normalized spacial score (nSPS) is 14.5. The molecule has 4 nitrogen and oxygen atoms in total. The molecule has 15 heavy (non-hydrogen) atoms. The lowest BCUT2D eigenvalue weighted by Gasteiger charge is -2.09. The van der Waals surface area contributed by atoms with Crippen molar-refractivity contribution in [2.45, 2.75) is 38.7 Å². The maximum Gasteiger partial charge on any atom is 0.213 e. The van der Waals surface area contributed by atoms with Crippen LogP contribution in [0, 0.1) is 0 Å². The van der Waals surface area contributed by atoms with E-state index in [1.165, 1.54) is 0 Å². The van der Waals surface area contributed by atoms with Gasteiger partial charge in [0.05, 0.1) is 18.5 Å². The molecule has 0 aliphatic heterocycles. The Morgan fingerprint density at radius 1 is 1.33 bits per heavy atom. The molecule has 0 saturated heterocycles. The zero-order chi connectivity index (χ0) is 11.9. The van der Waals surface area contributed by atoms with Gasteiger partial charge in [0.25, 0.3) is 0 Å². The van der Waals surface area contributed by atoms with E-state index >= 15 is 0 Å². The first-order chi connectivity index (χ1) is 6.83. The summed E-state index contributed by atoms with van der Waals surface area (Å²) in [6, 6.07) is 0. The van der Waals surface area contributed by atoms with Gasteiger partial charge in [0.2, 0.25) is 10.0 Å². The summed E-state index contributed by atoms with van der Waals surface area (Å²) in [5.41, 5.74) is 0. The molecule has 0 aromatic carbocycles. The summed E-state index contributed by atoms with van der Waals surface area (Å²) < 4.78 is 30.4. The van der Waals surface area contributed by atoms with Crippen LogP contribution in [0.1, 0.15) is 27.2 Å². The van der Waals surface area contributed by atoms with Gasteiger partial charge in [0, 0.05) is 11.9 Å². The number of sulfonamides is 1. The summed E-state index contributed by atoms with van der Waals surface area (Å²) in [6.07, 6.45) is 0.689. The quantitative estimate of drug-likeness (QED) is 0.668. The molecule has 0 saturated carbocycles. The van der Waals surface area contributed by atoms with Crippen LogP contribution in [-0.2, 0) is 14.8 Å². The van der Waals surface area contributed by atoms with E-state index in [0.29, 0.717) is 13.0 Å². The van der Waals surface area contributed by atoms with E-state index < -0.39 is 10.0 Å². The van der Waals surface area contributed by atoms with Crippen molar-refractivity contribution in [3.63, 3.8) is 0 Å². The summed E-state index contributed by atoms with van der Waals surface area (Å²) in [6.45, 7) is 6.18. The van der Waals surface area contributed by atoms with Gasteiger partial charge in [-0.05, 0) is 27.2 Å². The van der Waals surface area contributed by atoms with E-state index in [9.17, 15) is 8.42 Å². The topological polar surface area (TPSA) is 55.4 Å². The maximum atomic E-state index is 11.4. The van der Waals surface area contributed by atoms with Crippen molar-refractivity contribution >= 4 is 21.6 Å². The Morgan fingerprint density at radius 3 is 2.40 bits per heavy atom. The molecule has 0 amide bonds. The summed E-state index contributed by atoms with van der Waals surface area (Å²) in [4.78, 5) is 0. The van der Waals surface area contributed by atoms with Crippen molar-refractivity contribution < 1.29 is 13.2 Å². The van der Waals surface area contributed by atoms with Crippen LogP contribution in [0.2, 0.25) is 0 Å². The predicted molar refractivity (Wildman–Crippen MR) is 62.8 cm³/mol. The molecule has 92 valence electrons. The Hall–Kier alpha value is 0.160. The van der Waals surface area contributed by atoms with Crippen molar-refractivity contribution in [3.8, 4) is 0 Å². The smallest absolute Gasteiger partial charge is 0.213 e. The third-order valence-corrected chi connectivity index (χ3v) is 3.23. The highest BCUT2D eigenvalue weighted by atomic mass is 35.5. The third-order valence-electron chi connectivity index (χ3n) is 1.67. The standard InChI is InChI=1S/C9H20ClNO3S/c1-8(2)14-6-7-15(12,13)11-5-4-9(3)10/h8-9,11H,4-7H2,1-3H3. The van der Waals surface area contributed by atoms with Gasteiger partial charge >= 0.3 is 0 Å². The molecule has 0 heterocycles. The minimum absolute atomic E-state index is 0.00183. The molecule has 0 fully saturated rings. The highest BCUT2D eigenvalue weighted by Gasteiger charge is 2.10. The summed E-state index contributed by atoms with van der Waals surface area (Å²) in [5.74, 6) is 0.00183. The molecular formula is C9H20ClNO3S. The monoisotopic (exact) mass is 257 g/mol. The minimum atomic E-state index is -3.21. The summed E-state index contributed by atoms with van der Waals surface area (Å²) >= 11 is 5.69. The Labute approximate surface area is 97.4 Å². The third kappa shape index (κ3) is 10.4. The number of hydrogen-bond acceptors (Lipinski definition) is 3. The van der Waals surface area contributed by atoms with Crippen LogP contribution in [0.15, 0.2) is 0 Å². The lowest BCUT2D eigenvalue weighted by Crippen LogP contribution is -2.30. The fourth-order valence-electron chi connectivity index (χ4n) is 0.879. The van der Waals surface area contributed by atoms with Crippen LogP contribution in [0.4, 0.5) is 0 Å². The fraction of sp³-hybridized carbons (Fsp3) is 1.00. The van der Waals surface area contributed by atoms with E-state index in [-0.39, 0.29) is 23.8 Å². The molecule has 1 unspecified atom stereocenters. The number of rotatable bonds is 8. The van der Waals surface area contributed by atoms with E-state index in [0.717, 1.165) is 0 Å². The van der Waals surface area contributed by atoms with Crippen molar-refractivity contribution in [2.24, 2.45) is 0 Å². The van der Waals surface area contributed by atoms with Crippen molar-refractivity contribution in [1.29, 1.82) is 0 Å². The molecule has 0 aliphatic rings. The van der Waals surface area contributed by atoms with Crippen molar-refractivity contribution in [2.75, 3.05) is 18.9 Å². The Morgan fingerprint density at radius 2 is 1.93 bits per heavy atom. The van der Waals surface area contributed by atoms with E-state index in [1.807, 2.05) is 20.8 Å². The number of alkyl halides is 1. The highest BCUT2D eigenvalue weighted by molar-refractivity contribution is 7.89. The number of ether oxygens (including phenoxy) is 1. The molecule has 0 bridgehead atoms. The SMILES string of the molecule is CC(Cl)CCNS(=O)(=O)CCOC(C)C. The van der Waals surface area contributed by atoms with E-state index in [1.54, 1.807) is 0 Å². The lowest BCUT2D eigenvalue weighted by atomic mass is 10.3. The predicted octanol–water partition coefficient (Wildman–Crippen LogP) is 1.35. The second-order valence-electron chi connectivity index (χ2n) is 3.70. The average Bonchev–Trinajstić information content (AvgIpc) is 2.01. The van der Waals surface area contributed by atoms with Gasteiger partial charge in [-0.2, -0.15) is 0 Å². The number of nitrogens with one attached hydrogen (secondary N) is 1. The molecule has 0 spiro atoms. The van der Waals surface area contributed by atoms with Gasteiger partial charge in [-0.3, -0.25) is 0 Å². The molecule has 6 heteroatoms. The lowest BCUT2D eigenvalue weighted by molar-refractivity contribution is 0.0911. The first-order valence-electron chi connectivity index (χ1n) is 5.06. The molecule has 0 rings (SSSR count). The zero-order valence-corrected chi connectivity index (χ0v) is 11.1. The maximum absolute atomic E-state index is 11.4. The van der Waals surface area contributed by atoms with E-state index in [2.05, 4.69) is 4.72 Å². The van der Waals surface area contributed by atoms with Crippen LogP contribution in [-0.4, -0.2) is 38.8 Å². The Kier molecular flexibility index (Phi) is 7.52. The number of halogens is 1. The first kappa shape index (κ1) is 15.2. The highest BCUT2D eigenvalue weighted by Crippen LogP contribution is 1.98. The van der Waals surface area contributed by atoms with Gasteiger partial charge in [-0.25, -0.2) is 13.1 Å². The second-order valence-corrected chi connectivity index (χ2v) is 6.37. The molecule has 0 aromatic rings. The minimum Gasteiger partial charge on any atom is -0.378 e. The largest absolute Gasteiger partial charge is 0.378 e. The molecule has 0 aromatic heterocycles. The fourth-order valence-corrected chi connectivity index (χ4v) is 1.88. The van der Waals surface area contributed by atoms with E-state index in [4.69, 9.17) is 16.3 Å². The molecular weight excluding hydrogens is 238 g/mol. The molecule has 0 radical (unpaired) electrons. The van der Waals surface area contributed by atoms with Gasteiger partial charge < -0.3 is 4.74 Å². The first-order valence-corrected chi connectivity index (χ1v) is 7.15. The van der Waals surface area contributed by atoms with Gasteiger partial charge in [-0.15, -0.1) is 11.6 Å². The van der Waals surface area contributed by atoms with Crippen LogP contribution in [0.5, 0.6) is 0 Å². The van der Waals surface area contributed by atoms with Crippen LogP contribution in [0.25, 0.3) is 0 Å².